The minimum atomic E-state index is -1.25. The second-order valence-corrected chi connectivity index (χ2v) is 5.06. The lowest BCUT2D eigenvalue weighted by Crippen LogP contribution is -2.40. The first-order valence-electron chi connectivity index (χ1n) is 6.71. The van der Waals surface area contributed by atoms with Gasteiger partial charge in [-0.2, -0.15) is 0 Å². The third-order valence-corrected chi connectivity index (χ3v) is 3.01. The molecule has 1 unspecified atom stereocenters. The molecule has 2 aromatic rings. The molecule has 1 amide bonds. The van der Waals surface area contributed by atoms with Crippen molar-refractivity contribution < 1.29 is 19.1 Å². The van der Waals surface area contributed by atoms with Crippen LogP contribution in [0.4, 0.5) is 0 Å². The fraction of sp³-hybridized carbons (Fsp3) is 0.312. The van der Waals surface area contributed by atoms with Crippen molar-refractivity contribution in [1.29, 1.82) is 0 Å². The van der Waals surface area contributed by atoms with Crippen LogP contribution < -0.4 is 10.1 Å². The van der Waals surface area contributed by atoms with Gasteiger partial charge < -0.3 is 19.6 Å². The van der Waals surface area contributed by atoms with Gasteiger partial charge in [0.15, 0.2) is 6.61 Å². The van der Waals surface area contributed by atoms with Crippen molar-refractivity contribution in [3.63, 3.8) is 0 Å². The number of benzene rings is 1. The Hall–Kier alpha value is -2.27. The van der Waals surface area contributed by atoms with E-state index < -0.39 is 5.60 Å². The number of furan rings is 1. The summed E-state index contributed by atoms with van der Waals surface area (Å²) in [4.78, 5) is 11.7. The van der Waals surface area contributed by atoms with Crippen molar-refractivity contribution in [1.82, 2.24) is 5.32 Å². The number of hydrogen-bond donors (Lipinski definition) is 2. The molecule has 1 aromatic heterocycles. The maximum atomic E-state index is 11.7. The van der Waals surface area contributed by atoms with E-state index in [4.69, 9.17) is 9.15 Å². The molecule has 0 fully saturated rings. The van der Waals surface area contributed by atoms with E-state index in [0.717, 1.165) is 0 Å². The van der Waals surface area contributed by atoms with E-state index >= 15 is 0 Å². The summed E-state index contributed by atoms with van der Waals surface area (Å²) in [6.07, 6.45) is 0. The van der Waals surface area contributed by atoms with Crippen LogP contribution in [0.15, 0.2) is 46.9 Å². The molecule has 2 rings (SSSR count). The van der Waals surface area contributed by atoms with Gasteiger partial charge in [-0.05, 0) is 38.1 Å². The van der Waals surface area contributed by atoms with E-state index in [1.165, 1.54) is 0 Å². The maximum absolute atomic E-state index is 11.7. The highest BCUT2D eigenvalue weighted by atomic mass is 16.5. The van der Waals surface area contributed by atoms with Crippen LogP contribution in [-0.4, -0.2) is 24.2 Å². The standard InChI is InChI=1S/C16H19NO4/c1-12-8-9-14(21-12)16(2,19)11-17-15(18)10-20-13-6-4-3-5-7-13/h3-9,19H,10-11H2,1-2H3,(H,17,18). The summed E-state index contributed by atoms with van der Waals surface area (Å²) in [7, 11) is 0. The van der Waals surface area contributed by atoms with Crippen molar-refractivity contribution in [3.8, 4) is 5.75 Å². The highest BCUT2D eigenvalue weighted by Gasteiger charge is 2.27. The highest BCUT2D eigenvalue weighted by Crippen LogP contribution is 2.21. The number of aryl methyl sites for hydroxylation is 1. The molecular formula is C16H19NO4. The predicted octanol–water partition coefficient (Wildman–Crippen LogP) is 1.99. The molecule has 1 aromatic carbocycles. The normalized spacial score (nSPS) is 13.5. The second-order valence-electron chi connectivity index (χ2n) is 5.06. The summed E-state index contributed by atoms with van der Waals surface area (Å²) in [6.45, 7) is 3.34. The third kappa shape index (κ3) is 4.36. The van der Waals surface area contributed by atoms with Crippen LogP contribution in [0.25, 0.3) is 0 Å². The molecule has 1 heterocycles. The summed E-state index contributed by atoms with van der Waals surface area (Å²) in [5.41, 5.74) is -1.25. The number of ether oxygens (including phenoxy) is 1. The summed E-state index contributed by atoms with van der Waals surface area (Å²) in [5, 5.41) is 12.9. The van der Waals surface area contributed by atoms with E-state index in [9.17, 15) is 9.90 Å². The quantitative estimate of drug-likeness (QED) is 0.853. The van der Waals surface area contributed by atoms with Gasteiger partial charge in [0.25, 0.3) is 5.91 Å². The summed E-state index contributed by atoms with van der Waals surface area (Å²) in [6, 6.07) is 12.5. The SMILES string of the molecule is Cc1ccc(C(C)(O)CNC(=O)COc2ccccc2)o1. The number of carbonyl (C=O) groups excluding carboxylic acids is 1. The third-order valence-electron chi connectivity index (χ3n) is 3.01. The van der Waals surface area contributed by atoms with Gasteiger partial charge in [0.2, 0.25) is 0 Å². The minimum Gasteiger partial charge on any atom is -0.484 e. The Kier molecular flexibility index (Phi) is 4.65. The van der Waals surface area contributed by atoms with Crippen LogP contribution in [0.1, 0.15) is 18.4 Å². The smallest absolute Gasteiger partial charge is 0.258 e. The van der Waals surface area contributed by atoms with Crippen molar-refractivity contribution in [2.45, 2.75) is 19.4 Å². The molecule has 0 spiro atoms. The van der Waals surface area contributed by atoms with Gasteiger partial charge in [-0.25, -0.2) is 0 Å². The number of para-hydroxylation sites is 1. The molecule has 0 aliphatic heterocycles. The molecule has 1 atom stereocenters. The topological polar surface area (TPSA) is 71.7 Å². The largest absolute Gasteiger partial charge is 0.484 e. The van der Waals surface area contributed by atoms with Crippen LogP contribution in [0, 0.1) is 6.92 Å². The van der Waals surface area contributed by atoms with Crippen LogP contribution in [0.2, 0.25) is 0 Å². The van der Waals surface area contributed by atoms with E-state index in [1.54, 1.807) is 38.1 Å². The molecule has 0 aliphatic carbocycles. The number of nitrogens with one attached hydrogen (secondary N) is 1. The van der Waals surface area contributed by atoms with Crippen molar-refractivity contribution in [2.24, 2.45) is 0 Å². The van der Waals surface area contributed by atoms with Crippen molar-refractivity contribution in [2.75, 3.05) is 13.2 Å². The zero-order valence-corrected chi connectivity index (χ0v) is 12.1. The Bertz CT molecular complexity index is 589. The summed E-state index contributed by atoms with van der Waals surface area (Å²) >= 11 is 0. The van der Waals surface area contributed by atoms with Gasteiger partial charge in [-0.15, -0.1) is 0 Å². The molecule has 112 valence electrons. The van der Waals surface area contributed by atoms with E-state index in [-0.39, 0.29) is 19.1 Å². The molecule has 5 nitrogen and oxygen atoms in total. The first-order chi connectivity index (χ1) is 9.97. The minimum absolute atomic E-state index is 0.0525. The van der Waals surface area contributed by atoms with Crippen LogP contribution in [-0.2, 0) is 10.4 Å². The summed E-state index contributed by atoms with van der Waals surface area (Å²) in [5.74, 6) is 1.46. The monoisotopic (exact) mass is 289 g/mol. The van der Waals surface area contributed by atoms with E-state index in [0.29, 0.717) is 17.3 Å². The van der Waals surface area contributed by atoms with Gasteiger partial charge >= 0.3 is 0 Å². The Morgan fingerprint density at radius 2 is 2.00 bits per heavy atom. The van der Waals surface area contributed by atoms with Gasteiger partial charge in [0.1, 0.15) is 22.9 Å². The Labute approximate surface area is 123 Å². The number of aliphatic hydroxyl groups is 1. The molecule has 0 saturated carbocycles. The lowest BCUT2D eigenvalue weighted by Gasteiger charge is -2.21. The number of amides is 1. The lowest BCUT2D eigenvalue weighted by molar-refractivity contribution is -0.124. The maximum Gasteiger partial charge on any atom is 0.258 e. The average Bonchev–Trinajstić information content (AvgIpc) is 2.92. The Morgan fingerprint density at radius 3 is 2.62 bits per heavy atom. The van der Waals surface area contributed by atoms with Crippen molar-refractivity contribution in [3.05, 3.63) is 54.0 Å². The zero-order valence-electron chi connectivity index (χ0n) is 12.1. The molecule has 0 aliphatic rings. The van der Waals surface area contributed by atoms with Crippen LogP contribution in [0.5, 0.6) is 5.75 Å². The van der Waals surface area contributed by atoms with Crippen LogP contribution >= 0.6 is 0 Å². The Balaban J connectivity index is 1.81. The van der Waals surface area contributed by atoms with Crippen LogP contribution in [0.3, 0.4) is 0 Å². The molecule has 0 bridgehead atoms. The first kappa shape index (κ1) is 15.1. The van der Waals surface area contributed by atoms with Crippen molar-refractivity contribution >= 4 is 5.91 Å². The zero-order chi connectivity index (χ0) is 15.3. The van der Waals surface area contributed by atoms with Gasteiger partial charge in [0, 0.05) is 0 Å². The average molecular weight is 289 g/mol. The van der Waals surface area contributed by atoms with E-state index in [1.807, 2.05) is 18.2 Å². The predicted molar refractivity (Wildman–Crippen MR) is 78.0 cm³/mol. The highest BCUT2D eigenvalue weighted by molar-refractivity contribution is 5.77. The fourth-order valence-corrected chi connectivity index (χ4v) is 1.80. The second kappa shape index (κ2) is 6.45. The van der Waals surface area contributed by atoms with Gasteiger partial charge in [0.05, 0.1) is 6.54 Å². The molecule has 0 saturated heterocycles. The Morgan fingerprint density at radius 1 is 1.29 bits per heavy atom. The van der Waals surface area contributed by atoms with Gasteiger partial charge in [-0.3, -0.25) is 4.79 Å². The number of hydrogen-bond acceptors (Lipinski definition) is 4. The molecular weight excluding hydrogens is 270 g/mol. The first-order valence-corrected chi connectivity index (χ1v) is 6.71. The fourth-order valence-electron chi connectivity index (χ4n) is 1.80. The van der Waals surface area contributed by atoms with E-state index in [2.05, 4.69) is 5.32 Å². The molecule has 2 N–H and O–H groups in total. The molecule has 5 heteroatoms. The lowest BCUT2D eigenvalue weighted by atomic mass is 10.0. The molecule has 0 radical (unpaired) electrons. The molecule has 21 heavy (non-hydrogen) atoms. The summed E-state index contributed by atoms with van der Waals surface area (Å²) < 4.78 is 10.7. The number of carbonyl (C=O) groups is 1. The number of rotatable bonds is 6. The van der Waals surface area contributed by atoms with Gasteiger partial charge in [-0.1, -0.05) is 18.2 Å².